The minimum Gasteiger partial charge on any atom is -0.462 e. The van der Waals surface area contributed by atoms with E-state index >= 15 is 0 Å². The molecule has 0 saturated carbocycles. The minimum absolute atomic E-state index is 0.0706. The molecule has 0 amide bonds. The third-order valence-corrected chi connectivity index (χ3v) is 16.6. The van der Waals surface area contributed by atoms with Crippen LogP contribution >= 0.6 is 0 Å². The van der Waals surface area contributed by atoms with Crippen molar-refractivity contribution < 1.29 is 28.6 Å². The third kappa shape index (κ3) is 68.3. The van der Waals surface area contributed by atoms with Crippen LogP contribution in [-0.2, 0) is 28.6 Å². The molecule has 0 radical (unpaired) electrons. The molecule has 1 unspecified atom stereocenters. The Morgan fingerprint density at radius 3 is 0.716 bits per heavy atom. The monoisotopic (exact) mass is 1140 g/mol. The lowest BCUT2D eigenvalue weighted by atomic mass is 10.0. The van der Waals surface area contributed by atoms with Crippen LogP contribution < -0.4 is 0 Å². The second kappa shape index (κ2) is 70.1. The number of rotatable bonds is 68. The molecule has 81 heavy (non-hydrogen) atoms. The largest absolute Gasteiger partial charge is 0.462 e. The maximum atomic E-state index is 13.0. The van der Waals surface area contributed by atoms with Gasteiger partial charge in [0.15, 0.2) is 6.10 Å². The van der Waals surface area contributed by atoms with Gasteiger partial charge in [-0.3, -0.25) is 14.4 Å². The van der Waals surface area contributed by atoms with Gasteiger partial charge in [-0.25, -0.2) is 0 Å². The van der Waals surface area contributed by atoms with Crippen LogP contribution in [0.15, 0.2) is 36.5 Å². The van der Waals surface area contributed by atoms with Crippen LogP contribution in [0.4, 0.5) is 0 Å². The van der Waals surface area contributed by atoms with Crippen molar-refractivity contribution in [3.63, 3.8) is 0 Å². The molecule has 0 aliphatic heterocycles. The number of carbonyl (C=O) groups excluding carboxylic acids is 3. The Labute approximate surface area is 506 Å². The molecule has 0 saturated heterocycles. The maximum Gasteiger partial charge on any atom is 0.306 e. The second-order valence-electron chi connectivity index (χ2n) is 24.9. The van der Waals surface area contributed by atoms with Gasteiger partial charge in [-0.15, -0.1) is 0 Å². The van der Waals surface area contributed by atoms with Gasteiger partial charge in [0.1, 0.15) is 13.2 Å². The van der Waals surface area contributed by atoms with E-state index in [4.69, 9.17) is 14.2 Å². The maximum absolute atomic E-state index is 13.0. The number of unbranched alkanes of at least 4 members (excludes halogenated alkanes) is 51. The predicted octanol–water partition coefficient (Wildman–Crippen LogP) is 25.1. The highest BCUT2D eigenvalue weighted by atomic mass is 16.6. The van der Waals surface area contributed by atoms with Crippen molar-refractivity contribution in [1.29, 1.82) is 0 Å². The summed E-state index contributed by atoms with van der Waals surface area (Å²) in [5.41, 5.74) is 0. The van der Waals surface area contributed by atoms with Gasteiger partial charge in [0, 0.05) is 19.3 Å². The summed E-state index contributed by atoms with van der Waals surface area (Å²) in [5, 5.41) is 0. The number of allylic oxidation sites excluding steroid dienone is 6. The van der Waals surface area contributed by atoms with E-state index in [9.17, 15) is 14.4 Å². The quantitative estimate of drug-likeness (QED) is 0.0261. The van der Waals surface area contributed by atoms with E-state index in [2.05, 4.69) is 57.2 Å². The van der Waals surface area contributed by atoms with E-state index in [0.717, 1.165) is 70.6 Å². The first-order valence-corrected chi connectivity index (χ1v) is 36.5. The second-order valence-corrected chi connectivity index (χ2v) is 24.9. The first-order valence-electron chi connectivity index (χ1n) is 36.5. The number of ether oxygens (including phenoxy) is 3. The standard InChI is InChI=1S/C75H140O6/c1-4-7-10-13-16-19-22-25-28-31-33-35-36-37-38-40-41-44-47-50-53-56-59-62-65-68-74(77)80-71-72(70-79-73(76)67-64-61-58-55-52-49-46-43-30-27-24-21-18-15-12-9-6-3)81-75(78)69-66-63-60-57-54-51-48-45-42-39-34-32-29-26-23-20-17-14-11-8-5-2/h18,21,27,30,32,34,72H,4-17,19-20,22-26,28-29,31,33,35-71H2,1-3H3/b21-18-,30-27-,34-32-. The molecular formula is C75H140O6. The van der Waals surface area contributed by atoms with Gasteiger partial charge in [-0.1, -0.05) is 346 Å². The zero-order valence-corrected chi connectivity index (χ0v) is 54.8. The highest BCUT2D eigenvalue weighted by Crippen LogP contribution is 2.19. The summed E-state index contributed by atoms with van der Waals surface area (Å²) in [6, 6.07) is 0. The van der Waals surface area contributed by atoms with Crippen LogP contribution in [-0.4, -0.2) is 37.2 Å². The number of esters is 3. The topological polar surface area (TPSA) is 78.9 Å². The number of hydrogen-bond acceptors (Lipinski definition) is 6. The molecule has 0 spiro atoms. The molecule has 0 bridgehead atoms. The van der Waals surface area contributed by atoms with E-state index < -0.39 is 6.10 Å². The fourth-order valence-electron chi connectivity index (χ4n) is 11.1. The molecule has 0 aromatic carbocycles. The first-order chi connectivity index (χ1) is 40.0. The zero-order valence-electron chi connectivity index (χ0n) is 54.8. The van der Waals surface area contributed by atoms with Crippen molar-refractivity contribution >= 4 is 17.9 Å². The Morgan fingerprint density at radius 2 is 0.444 bits per heavy atom. The van der Waals surface area contributed by atoms with Crippen molar-refractivity contribution in [2.24, 2.45) is 0 Å². The average molecular weight is 1140 g/mol. The molecule has 0 aromatic heterocycles. The normalized spacial score (nSPS) is 12.2. The van der Waals surface area contributed by atoms with E-state index in [-0.39, 0.29) is 31.1 Å². The highest BCUT2D eigenvalue weighted by molar-refractivity contribution is 5.71. The summed E-state index contributed by atoms with van der Waals surface area (Å²) < 4.78 is 17.0. The van der Waals surface area contributed by atoms with Crippen molar-refractivity contribution in [1.82, 2.24) is 0 Å². The fourth-order valence-corrected chi connectivity index (χ4v) is 11.1. The van der Waals surface area contributed by atoms with Gasteiger partial charge in [0.2, 0.25) is 0 Å². The van der Waals surface area contributed by atoms with Crippen LogP contribution in [0, 0.1) is 0 Å². The van der Waals surface area contributed by atoms with E-state index in [1.54, 1.807) is 0 Å². The smallest absolute Gasteiger partial charge is 0.306 e. The van der Waals surface area contributed by atoms with Crippen molar-refractivity contribution in [2.75, 3.05) is 13.2 Å². The van der Waals surface area contributed by atoms with Crippen LogP contribution in [0.3, 0.4) is 0 Å². The van der Waals surface area contributed by atoms with Crippen molar-refractivity contribution in [3.05, 3.63) is 36.5 Å². The SMILES string of the molecule is CCCCC/C=C\C/C=C\CCCCCCCCCC(=O)OCC(COC(=O)CCCCCCCCCCCCCCCCCCCCCCCCCCC)OC(=O)CCCCCCCCCCC/C=C\CCCCCCCCCC. The molecule has 6 heteroatoms. The van der Waals surface area contributed by atoms with Crippen molar-refractivity contribution in [3.8, 4) is 0 Å². The number of hydrogen-bond donors (Lipinski definition) is 0. The molecule has 0 heterocycles. The van der Waals surface area contributed by atoms with E-state index in [0.29, 0.717) is 19.3 Å². The summed E-state index contributed by atoms with van der Waals surface area (Å²) in [5.74, 6) is -0.850. The summed E-state index contributed by atoms with van der Waals surface area (Å²) in [6.45, 7) is 6.69. The molecule has 1 atom stereocenters. The molecular weight excluding hydrogens is 997 g/mol. The van der Waals surface area contributed by atoms with E-state index in [1.165, 1.54) is 295 Å². The van der Waals surface area contributed by atoms with Gasteiger partial charge in [0.25, 0.3) is 0 Å². The fraction of sp³-hybridized carbons (Fsp3) is 0.880. The molecule has 0 aliphatic rings. The molecule has 0 aliphatic carbocycles. The first kappa shape index (κ1) is 78.6. The Balaban J connectivity index is 4.28. The molecule has 0 rings (SSSR count). The lowest BCUT2D eigenvalue weighted by molar-refractivity contribution is -0.167. The summed E-state index contributed by atoms with van der Waals surface area (Å²) in [6.07, 6.45) is 87.5. The summed E-state index contributed by atoms with van der Waals surface area (Å²) in [4.78, 5) is 38.5. The van der Waals surface area contributed by atoms with Gasteiger partial charge in [0.05, 0.1) is 0 Å². The summed E-state index contributed by atoms with van der Waals surface area (Å²) in [7, 11) is 0. The molecule has 0 fully saturated rings. The van der Waals surface area contributed by atoms with Gasteiger partial charge in [-0.2, -0.15) is 0 Å². The van der Waals surface area contributed by atoms with Crippen LogP contribution in [0.1, 0.15) is 406 Å². The minimum atomic E-state index is -0.776. The van der Waals surface area contributed by atoms with Crippen LogP contribution in [0.2, 0.25) is 0 Å². The lowest BCUT2D eigenvalue weighted by Crippen LogP contribution is -2.30. The van der Waals surface area contributed by atoms with Crippen LogP contribution in [0.25, 0.3) is 0 Å². The molecule has 6 nitrogen and oxygen atoms in total. The molecule has 0 N–H and O–H groups in total. The van der Waals surface area contributed by atoms with E-state index in [1.807, 2.05) is 0 Å². The average Bonchev–Trinajstić information content (AvgIpc) is 3.47. The molecule has 476 valence electrons. The van der Waals surface area contributed by atoms with Gasteiger partial charge < -0.3 is 14.2 Å². The van der Waals surface area contributed by atoms with Crippen LogP contribution in [0.5, 0.6) is 0 Å². The molecule has 0 aromatic rings. The van der Waals surface area contributed by atoms with Gasteiger partial charge in [-0.05, 0) is 77.0 Å². The highest BCUT2D eigenvalue weighted by Gasteiger charge is 2.19. The Bertz CT molecular complexity index is 1350. The third-order valence-electron chi connectivity index (χ3n) is 16.6. The predicted molar refractivity (Wildman–Crippen MR) is 353 cm³/mol. The lowest BCUT2D eigenvalue weighted by Gasteiger charge is -2.18. The zero-order chi connectivity index (χ0) is 58.5. The Kier molecular flexibility index (Phi) is 68.1. The summed E-state index contributed by atoms with van der Waals surface area (Å²) >= 11 is 0. The Hall–Kier alpha value is -2.37. The Morgan fingerprint density at radius 1 is 0.247 bits per heavy atom. The number of carbonyl (C=O) groups is 3. The van der Waals surface area contributed by atoms with Crippen molar-refractivity contribution in [2.45, 2.75) is 412 Å². The van der Waals surface area contributed by atoms with Gasteiger partial charge >= 0.3 is 17.9 Å².